The lowest BCUT2D eigenvalue weighted by Gasteiger charge is -2.16. The number of carbonyl (C=O) groups is 1. The van der Waals surface area contributed by atoms with E-state index in [2.05, 4.69) is 6.58 Å². The fourth-order valence-electron chi connectivity index (χ4n) is 1.29. The van der Waals surface area contributed by atoms with Gasteiger partial charge in [-0.15, -0.1) is 0 Å². The number of aromatic hydroxyl groups is 1. The van der Waals surface area contributed by atoms with Gasteiger partial charge in [-0.1, -0.05) is 45.6 Å². The molecule has 0 saturated carbocycles. The number of phenolic OH excluding ortho intramolecular Hbond substituents is 1. The van der Waals surface area contributed by atoms with Gasteiger partial charge in [0.05, 0.1) is 0 Å². The van der Waals surface area contributed by atoms with Crippen molar-refractivity contribution in [3.63, 3.8) is 0 Å². The number of Topliss-reactive ketones (excluding diaryl/α,β-unsaturated/α-hetero) is 1. The Bertz CT molecular complexity index is 397. The highest BCUT2D eigenvalue weighted by atomic mass is 16.3. The van der Waals surface area contributed by atoms with Crippen LogP contribution in [0.3, 0.4) is 0 Å². The lowest BCUT2D eigenvalue weighted by atomic mass is 9.86. The minimum absolute atomic E-state index is 0.0217. The number of rotatable bonds is 2. The van der Waals surface area contributed by atoms with Crippen LogP contribution in [0.1, 0.15) is 36.7 Å². The van der Waals surface area contributed by atoms with Crippen LogP contribution < -0.4 is 0 Å². The molecule has 0 heterocycles. The van der Waals surface area contributed by atoms with Gasteiger partial charge < -0.3 is 5.11 Å². The topological polar surface area (TPSA) is 37.3 Å². The van der Waals surface area contributed by atoms with Crippen LogP contribution in [0, 0.1) is 5.41 Å². The zero-order chi connectivity index (χ0) is 11.6. The first-order chi connectivity index (χ1) is 6.86. The van der Waals surface area contributed by atoms with E-state index in [1.54, 1.807) is 18.2 Å². The van der Waals surface area contributed by atoms with Crippen molar-refractivity contribution in [3.05, 3.63) is 35.9 Å². The average molecular weight is 204 g/mol. The molecule has 2 heteroatoms. The summed E-state index contributed by atoms with van der Waals surface area (Å²) in [5.74, 6) is 0.119. The molecule has 80 valence electrons. The minimum Gasteiger partial charge on any atom is -0.507 e. The largest absolute Gasteiger partial charge is 0.507 e. The van der Waals surface area contributed by atoms with Crippen molar-refractivity contribution in [1.82, 2.24) is 0 Å². The van der Waals surface area contributed by atoms with E-state index in [1.807, 2.05) is 20.8 Å². The fourth-order valence-corrected chi connectivity index (χ4v) is 1.29. The summed E-state index contributed by atoms with van der Waals surface area (Å²) >= 11 is 0. The summed E-state index contributed by atoms with van der Waals surface area (Å²) in [4.78, 5) is 11.9. The lowest BCUT2D eigenvalue weighted by molar-refractivity contribution is 0.0858. The molecule has 0 aliphatic rings. The van der Waals surface area contributed by atoms with Crippen LogP contribution in [-0.2, 0) is 0 Å². The molecule has 15 heavy (non-hydrogen) atoms. The Morgan fingerprint density at radius 3 is 2.40 bits per heavy atom. The third-order valence-electron chi connectivity index (χ3n) is 2.19. The second-order valence-corrected chi connectivity index (χ2v) is 4.56. The summed E-state index contributed by atoms with van der Waals surface area (Å²) in [5, 5.41) is 9.58. The molecule has 0 aliphatic carbocycles. The fraction of sp³-hybridized carbons (Fsp3) is 0.308. The summed E-state index contributed by atoms with van der Waals surface area (Å²) in [6, 6.07) is 4.90. The van der Waals surface area contributed by atoms with Gasteiger partial charge in [0, 0.05) is 16.5 Å². The van der Waals surface area contributed by atoms with Crippen molar-refractivity contribution in [2.45, 2.75) is 20.8 Å². The first-order valence-electron chi connectivity index (χ1n) is 4.86. The standard InChI is InChI=1S/C13H16O2/c1-5-9-6-7-10(8-11(9)14)12(15)13(2,3)4/h5-8,14H,1H2,2-4H3. The maximum atomic E-state index is 11.9. The summed E-state index contributed by atoms with van der Waals surface area (Å²) in [5.41, 5.74) is 0.744. The van der Waals surface area contributed by atoms with Gasteiger partial charge >= 0.3 is 0 Å². The van der Waals surface area contributed by atoms with Crippen molar-refractivity contribution in [1.29, 1.82) is 0 Å². The molecular formula is C13H16O2. The second kappa shape index (κ2) is 3.89. The van der Waals surface area contributed by atoms with E-state index in [9.17, 15) is 9.90 Å². The molecule has 0 fully saturated rings. The van der Waals surface area contributed by atoms with Gasteiger partial charge in [0.25, 0.3) is 0 Å². The Morgan fingerprint density at radius 2 is 2.00 bits per heavy atom. The number of ketones is 1. The van der Waals surface area contributed by atoms with E-state index in [4.69, 9.17) is 0 Å². The van der Waals surface area contributed by atoms with E-state index in [1.165, 1.54) is 6.07 Å². The van der Waals surface area contributed by atoms with Crippen LogP contribution >= 0.6 is 0 Å². The third kappa shape index (κ3) is 2.46. The van der Waals surface area contributed by atoms with Crippen molar-refractivity contribution in [2.75, 3.05) is 0 Å². The van der Waals surface area contributed by atoms with Crippen molar-refractivity contribution < 1.29 is 9.90 Å². The smallest absolute Gasteiger partial charge is 0.168 e. The molecule has 0 atom stereocenters. The SMILES string of the molecule is C=Cc1ccc(C(=O)C(C)(C)C)cc1O. The maximum Gasteiger partial charge on any atom is 0.168 e. The monoisotopic (exact) mass is 204 g/mol. The van der Waals surface area contributed by atoms with E-state index < -0.39 is 5.41 Å². The Kier molecular flexibility index (Phi) is 2.98. The third-order valence-corrected chi connectivity index (χ3v) is 2.19. The van der Waals surface area contributed by atoms with E-state index in [0.717, 1.165) is 0 Å². The van der Waals surface area contributed by atoms with Crippen LogP contribution in [-0.4, -0.2) is 10.9 Å². The molecule has 0 aromatic heterocycles. The van der Waals surface area contributed by atoms with Gasteiger partial charge in [0.15, 0.2) is 5.78 Å². The van der Waals surface area contributed by atoms with E-state index in [0.29, 0.717) is 11.1 Å². The van der Waals surface area contributed by atoms with Gasteiger partial charge in [0.1, 0.15) is 5.75 Å². The lowest BCUT2D eigenvalue weighted by Crippen LogP contribution is -2.20. The number of hydrogen-bond donors (Lipinski definition) is 1. The molecule has 0 saturated heterocycles. The van der Waals surface area contributed by atoms with Gasteiger partial charge in [-0.3, -0.25) is 4.79 Å². The molecule has 1 N–H and O–H groups in total. The molecular weight excluding hydrogens is 188 g/mol. The minimum atomic E-state index is -0.428. The van der Waals surface area contributed by atoms with Crippen molar-refractivity contribution >= 4 is 11.9 Å². The van der Waals surface area contributed by atoms with Crippen molar-refractivity contribution in [3.8, 4) is 5.75 Å². The summed E-state index contributed by atoms with van der Waals surface area (Å²) < 4.78 is 0. The van der Waals surface area contributed by atoms with Gasteiger partial charge in [-0.2, -0.15) is 0 Å². The molecule has 1 aromatic carbocycles. The highest BCUT2D eigenvalue weighted by Crippen LogP contribution is 2.25. The predicted octanol–water partition coefficient (Wildman–Crippen LogP) is 3.26. The van der Waals surface area contributed by atoms with Crippen LogP contribution in [0.5, 0.6) is 5.75 Å². The Labute approximate surface area is 90.3 Å². The van der Waals surface area contributed by atoms with Gasteiger partial charge in [-0.05, 0) is 6.07 Å². The summed E-state index contributed by atoms with van der Waals surface area (Å²) in [6.07, 6.45) is 1.56. The number of hydrogen-bond acceptors (Lipinski definition) is 2. The predicted molar refractivity (Wildman–Crippen MR) is 62.0 cm³/mol. The zero-order valence-corrected chi connectivity index (χ0v) is 9.37. The molecule has 2 nitrogen and oxygen atoms in total. The molecule has 0 radical (unpaired) electrons. The summed E-state index contributed by atoms with van der Waals surface area (Å²) in [7, 11) is 0. The Hall–Kier alpha value is -1.57. The second-order valence-electron chi connectivity index (χ2n) is 4.56. The number of benzene rings is 1. The van der Waals surface area contributed by atoms with E-state index >= 15 is 0 Å². The van der Waals surface area contributed by atoms with Gasteiger partial charge in [-0.25, -0.2) is 0 Å². The maximum absolute atomic E-state index is 11.9. The van der Waals surface area contributed by atoms with Crippen LogP contribution in [0.25, 0.3) is 6.08 Å². The molecule has 0 aliphatic heterocycles. The average Bonchev–Trinajstić information content (AvgIpc) is 2.15. The molecule has 1 rings (SSSR count). The van der Waals surface area contributed by atoms with E-state index in [-0.39, 0.29) is 11.5 Å². The van der Waals surface area contributed by atoms with Crippen LogP contribution in [0.2, 0.25) is 0 Å². The van der Waals surface area contributed by atoms with Gasteiger partial charge in [0.2, 0.25) is 0 Å². The molecule has 0 unspecified atom stereocenters. The van der Waals surface area contributed by atoms with Crippen LogP contribution in [0.15, 0.2) is 24.8 Å². The van der Waals surface area contributed by atoms with Crippen LogP contribution in [0.4, 0.5) is 0 Å². The Morgan fingerprint density at radius 1 is 1.40 bits per heavy atom. The normalized spacial score (nSPS) is 11.1. The zero-order valence-electron chi connectivity index (χ0n) is 9.37. The quantitative estimate of drug-likeness (QED) is 0.751. The molecule has 0 spiro atoms. The molecule has 1 aromatic rings. The Balaban J connectivity index is 3.14. The number of phenols is 1. The highest BCUT2D eigenvalue weighted by molar-refractivity contribution is 6.00. The molecule has 0 amide bonds. The first-order valence-corrected chi connectivity index (χ1v) is 4.86. The summed E-state index contributed by atoms with van der Waals surface area (Å²) in [6.45, 7) is 9.13. The highest BCUT2D eigenvalue weighted by Gasteiger charge is 2.23. The molecule has 0 bridgehead atoms. The number of carbonyl (C=O) groups excluding carboxylic acids is 1. The van der Waals surface area contributed by atoms with Crippen molar-refractivity contribution in [2.24, 2.45) is 5.41 Å². The first kappa shape index (κ1) is 11.5.